The molecule has 2 aromatic rings. The fraction of sp³-hybridized carbons (Fsp3) is 0.286. The van der Waals surface area contributed by atoms with Crippen LogP contribution >= 0.6 is 0 Å². The van der Waals surface area contributed by atoms with Gasteiger partial charge in [0.05, 0.1) is 4.90 Å². The third-order valence-corrected chi connectivity index (χ3v) is 5.78. The number of carbonyl (C=O) groups excluding carboxylic acids is 3. The van der Waals surface area contributed by atoms with Crippen LogP contribution in [0.15, 0.2) is 53.4 Å². The normalized spacial score (nSPS) is 12.2. The molecule has 0 radical (unpaired) electrons. The molecule has 0 fully saturated rings. The Labute approximate surface area is 176 Å². The minimum absolute atomic E-state index is 0.107. The fourth-order valence-electron chi connectivity index (χ4n) is 2.77. The third kappa shape index (κ3) is 5.90. The molecule has 3 N–H and O–H groups in total. The van der Waals surface area contributed by atoms with E-state index in [2.05, 4.69) is 10.6 Å². The zero-order chi connectivity index (χ0) is 22.5. The molecule has 0 heterocycles. The third-order valence-electron chi connectivity index (χ3n) is 4.34. The van der Waals surface area contributed by atoms with Gasteiger partial charge in [0, 0.05) is 18.2 Å². The summed E-state index contributed by atoms with van der Waals surface area (Å²) in [6.45, 7) is 6.54. The molecule has 0 aromatic heterocycles. The average Bonchev–Trinajstić information content (AvgIpc) is 2.65. The number of hydrogen-bond donors (Lipinski definition) is 3. The number of sulfonamides is 1. The van der Waals surface area contributed by atoms with E-state index in [1.54, 1.807) is 12.1 Å². The second-order valence-corrected chi connectivity index (χ2v) is 8.87. The van der Waals surface area contributed by atoms with E-state index < -0.39 is 27.9 Å². The molecular formula is C21H25N3O5S. The van der Waals surface area contributed by atoms with Crippen molar-refractivity contribution in [3.05, 3.63) is 59.7 Å². The number of benzene rings is 2. The molecule has 0 spiro atoms. The van der Waals surface area contributed by atoms with E-state index in [0.29, 0.717) is 11.3 Å². The average molecular weight is 432 g/mol. The highest BCUT2D eigenvalue weighted by Crippen LogP contribution is 2.16. The molecule has 2 rings (SSSR count). The Morgan fingerprint density at radius 1 is 0.933 bits per heavy atom. The maximum atomic E-state index is 12.7. The van der Waals surface area contributed by atoms with Crippen LogP contribution in [0.3, 0.4) is 0 Å². The van der Waals surface area contributed by atoms with E-state index in [0.717, 1.165) is 12.5 Å². The molecule has 3 amide bonds. The summed E-state index contributed by atoms with van der Waals surface area (Å²) in [6.07, 6.45) is 0. The van der Waals surface area contributed by atoms with Crippen LogP contribution in [0, 0.1) is 12.8 Å². The number of rotatable bonds is 7. The summed E-state index contributed by atoms with van der Waals surface area (Å²) < 4.78 is 25.8. The van der Waals surface area contributed by atoms with Gasteiger partial charge in [-0.3, -0.25) is 14.4 Å². The summed E-state index contributed by atoms with van der Waals surface area (Å²) in [6, 6.07) is 11.7. The molecule has 0 saturated heterocycles. The van der Waals surface area contributed by atoms with Crippen LogP contribution in [-0.4, -0.2) is 32.2 Å². The van der Waals surface area contributed by atoms with Gasteiger partial charge < -0.3 is 10.6 Å². The highest BCUT2D eigenvalue weighted by molar-refractivity contribution is 7.90. The van der Waals surface area contributed by atoms with Gasteiger partial charge in [-0.2, -0.15) is 0 Å². The predicted octanol–water partition coefficient (Wildman–Crippen LogP) is 2.21. The smallest absolute Gasteiger partial charge is 0.264 e. The Kier molecular flexibility index (Phi) is 7.33. The van der Waals surface area contributed by atoms with E-state index in [4.69, 9.17) is 0 Å². The van der Waals surface area contributed by atoms with Crippen LogP contribution in [0.2, 0.25) is 0 Å². The van der Waals surface area contributed by atoms with Crippen LogP contribution < -0.4 is 15.4 Å². The topological polar surface area (TPSA) is 121 Å². The molecule has 0 saturated carbocycles. The van der Waals surface area contributed by atoms with Crippen LogP contribution in [0.25, 0.3) is 0 Å². The predicted molar refractivity (Wildman–Crippen MR) is 113 cm³/mol. The molecule has 0 unspecified atom stereocenters. The SMILES string of the molecule is CC(=O)NS(=O)(=O)c1ccc(NC(=O)[C@H](NC(=O)c2ccccc2C)C(C)C)cc1. The lowest BCUT2D eigenvalue weighted by Crippen LogP contribution is -2.47. The first-order valence-electron chi connectivity index (χ1n) is 9.32. The summed E-state index contributed by atoms with van der Waals surface area (Å²) in [5, 5.41) is 5.43. The quantitative estimate of drug-likeness (QED) is 0.621. The number of aryl methyl sites for hydroxylation is 1. The molecule has 0 aliphatic carbocycles. The summed E-state index contributed by atoms with van der Waals surface area (Å²) in [4.78, 5) is 36.2. The first kappa shape index (κ1) is 23.1. The van der Waals surface area contributed by atoms with Gasteiger partial charge in [-0.1, -0.05) is 32.0 Å². The number of amides is 3. The zero-order valence-electron chi connectivity index (χ0n) is 17.2. The van der Waals surface area contributed by atoms with E-state index in [-0.39, 0.29) is 16.7 Å². The molecule has 9 heteroatoms. The van der Waals surface area contributed by atoms with Crippen LogP contribution in [0.1, 0.15) is 36.7 Å². The van der Waals surface area contributed by atoms with Crippen LogP contribution in [0.5, 0.6) is 0 Å². The number of hydrogen-bond acceptors (Lipinski definition) is 5. The van der Waals surface area contributed by atoms with Crippen molar-refractivity contribution in [3.8, 4) is 0 Å². The summed E-state index contributed by atoms with van der Waals surface area (Å²) in [5.74, 6) is -1.66. The van der Waals surface area contributed by atoms with E-state index >= 15 is 0 Å². The minimum atomic E-state index is -3.95. The van der Waals surface area contributed by atoms with E-state index in [1.807, 2.05) is 37.6 Å². The molecule has 0 bridgehead atoms. The van der Waals surface area contributed by atoms with Gasteiger partial charge in [-0.15, -0.1) is 0 Å². The summed E-state index contributed by atoms with van der Waals surface area (Å²) in [7, 11) is -3.95. The minimum Gasteiger partial charge on any atom is -0.340 e. The maximum absolute atomic E-state index is 12.7. The first-order chi connectivity index (χ1) is 14.0. The van der Waals surface area contributed by atoms with Gasteiger partial charge in [0.2, 0.25) is 11.8 Å². The monoisotopic (exact) mass is 431 g/mol. The van der Waals surface area contributed by atoms with Gasteiger partial charge >= 0.3 is 0 Å². The van der Waals surface area contributed by atoms with E-state index in [1.165, 1.54) is 24.3 Å². The number of anilines is 1. The van der Waals surface area contributed by atoms with Gasteiger partial charge in [0.15, 0.2) is 0 Å². The standard InChI is InChI=1S/C21H25N3O5S/c1-13(2)19(23-20(26)18-8-6-5-7-14(18)3)21(27)22-16-9-11-17(12-10-16)30(28,29)24-15(4)25/h5-13,19H,1-4H3,(H,22,27)(H,23,26)(H,24,25)/t19-/m1/s1. The van der Waals surface area contributed by atoms with Gasteiger partial charge in [-0.05, 0) is 48.7 Å². The van der Waals surface area contributed by atoms with Crippen molar-refractivity contribution < 1.29 is 22.8 Å². The van der Waals surface area contributed by atoms with Gasteiger partial charge in [-0.25, -0.2) is 13.1 Å². The molecule has 160 valence electrons. The molecular weight excluding hydrogens is 406 g/mol. The number of nitrogens with one attached hydrogen (secondary N) is 3. The number of carbonyl (C=O) groups is 3. The summed E-state index contributed by atoms with van der Waals surface area (Å²) >= 11 is 0. The molecule has 30 heavy (non-hydrogen) atoms. The van der Waals surface area contributed by atoms with Crippen molar-refractivity contribution in [2.24, 2.45) is 5.92 Å². The molecule has 1 atom stereocenters. The lowest BCUT2D eigenvalue weighted by atomic mass is 10.0. The Morgan fingerprint density at radius 2 is 1.53 bits per heavy atom. The first-order valence-corrected chi connectivity index (χ1v) is 10.8. The lowest BCUT2D eigenvalue weighted by molar-refractivity contribution is -0.119. The second kappa shape index (κ2) is 9.53. The van der Waals surface area contributed by atoms with Crippen LogP contribution in [-0.2, 0) is 19.6 Å². The van der Waals surface area contributed by atoms with Crippen molar-refractivity contribution in [1.29, 1.82) is 0 Å². The van der Waals surface area contributed by atoms with Crippen molar-refractivity contribution in [2.75, 3.05) is 5.32 Å². The van der Waals surface area contributed by atoms with Crippen molar-refractivity contribution in [2.45, 2.75) is 38.6 Å². The van der Waals surface area contributed by atoms with Crippen molar-refractivity contribution in [3.63, 3.8) is 0 Å². The van der Waals surface area contributed by atoms with Gasteiger partial charge in [0.25, 0.3) is 15.9 Å². The van der Waals surface area contributed by atoms with Crippen molar-refractivity contribution >= 4 is 33.4 Å². The van der Waals surface area contributed by atoms with E-state index in [9.17, 15) is 22.8 Å². The Morgan fingerprint density at radius 3 is 2.07 bits per heavy atom. The second-order valence-electron chi connectivity index (χ2n) is 7.19. The Hall–Kier alpha value is -3.20. The fourth-order valence-corrected chi connectivity index (χ4v) is 3.76. The largest absolute Gasteiger partial charge is 0.340 e. The zero-order valence-corrected chi connectivity index (χ0v) is 18.0. The molecule has 0 aliphatic rings. The molecule has 2 aromatic carbocycles. The van der Waals surface area contributed by atoms with Gasteiger partial charge in [0.1, 0.15) is 6.04 Å². The Balaban J connectivity index is 2.12. The van der Waals surface area contributed by atoms with Crippen LogP contribution in [0.4, 0.5) is 5.69 Å². The highest BCUT2D eigenvalue weighted by atomic mass is 32.2. The summed E-state index contributed by atoms with van der Waals surface area (Å²) in [5.41, 5.74) is 1.65. The van der Waals surface area contributed by atoms with Crippen molar-refractivity contribution in [1.82, 2.24) is 10.0 Å². The molecule has 0 aliphatic heterocycles. The molecule has 8 nitrogen and oxygen atoms in total. The lowest BCUT2D eigenvalue weighted by Gasteiger charge is -2.22. The highest BCUT2D eigenvalue weighted by Gasteiger charge is 2.25. The Bertz CT molecular complexity index is 1050. The maximum Gasteiger partial charge on any atom is 0.264 e.